The van der Waals surface area contributed by atoms with Crippen molar-refractivity contribution in [1.82, 2.24) is 5.32 Å². The summed E-state index contributed by atoms with van der Waals surface area (Å²) >= 11 is 0. The standard InChI is InChI=1S/C24H28N2O5/c1-17-7-9-18(10-8-17)11-12-22(27)25-13-14-31-24(29)19-15-23(28)26(16-19)20-5-3-4-6-21(20)30-2/h3-10,19H,11-16H2,1-2H3,(H,25,27). The van der Waals surface area contributed by atoms with Crippen LogP contribution in [0, 0.1) is 12.8 Å². The van der Waals surface area contributed by atoms with Gasteiger partial charge in [0.05, 0.1) is 25.3 Å². The zero-order valence-electron chi connectivity index (χ0n) is 17.9. The fourth-order valence-corrected chi connectivity index (χ4v) is 3.51. The van der Waals surface area contributed by atoms with Crippen LogP contribution in [0.15, 0.2) is 48.5 Å². The average molecular weight is 424 g/mol. The second kappa shape index (κ2) is 10.6. The van der Waals surface area contributed by atoms with Gasteiger partial charge in [0.1, 0.15) is 12.4 Å². The minimum atomic E-state index is -0.533. The maximum Gasteiger partial charge on any atom is 0.311 e. The van der Waals surface area contributed by atoms with Crippen molar-refractivity contribution in [3.05, 3.63) is 59.7 Å². The fourth-order valence-electron chi connectivity index (χ4n) is 3.51. The van der Waals surface area contributed by atoms with Gasteiger partial charge in [0.2, 0.25) is 11.8 Å². The van der Waals surface area contributed by atoms with Crippen LogP contribution in [0.5, 0.6) is 5.75 Å². The van der Waals surface area contributed by atoms with Gasteiger partial charge in [0.25, 0.3) is 0 Å². The third-order valence-electron chi connectivity index (χ3n) is 5.26. The minimum Gasteiger partial charge on any atom is -0.495 e. The largest absolute Gasteiger partial charge is 0.495 e. The number of hydrogen-bond donors (Lipinski definition) is 1. The lowest BCUT2D eigenvalue weighted by Gasteiger charge is -2.19. The maximum atomic E-state index is 12.4. The Morgan fingerprint density at radius 3 is 2.61 bits per heavy atom. The molecule has 7 heteroatoms. The zero-order valence-corrected chi connectivity index (χ0v) is 17.9. The first-order valence-electron chi connectivity index (χ1n) is 10.4. The van der Waals surface area contributed by atoms with E-state index < -0.39 is 11.9 Å². The van der Waals surface area contributed by atoms with Crippen molar-refractivity contribution < 1.29 is 23.9 Å². The average Bonchev–Trinajstić information content (AvgIpc) is 3.17. The topological polar surface area (TPSA) is 84.9 Å². The molecule has 1 heterocycles. The Morgan fingerprint density at radius 2 is 1.87 bits per heavy atom. The molecule has 1 saturated heterocycles. The molecule has 0 saturated carbocycles. The van der Waals surface area contributed by atoms with Crippen molar-refractivity contribution in [2.24, 2.45) is 5.92 Å². The number of esters is 1. The van der Waals surface area contributed by atoms with Crippen molar-refractivity contribution in [2.75, 3.05) is 31.7 Å². The van der Waals surface area contributed by atoms with Gasteiger partial charge in [-0.2, -0.15) is 0 Å². The van der Waals surface area contributed by atoms with E-state index >= 15 is 0 Å². The monoisotopic (exact) mass is 424 g/mol. The molecule has 31 heavy (non-hydrogen) atoms. The lowest BCUT2D eigenvalue weighted by molar-refractivity contribution is -0.148. The lowest BCUT2D eigenvalue weighted by Crippen LogP contribution is -2.30. The van der Waals surface area contributed by atoms with E-state index in [1.807, 2.05) is 43.3 Å². The van der Waals surface area contributed by atoms with Crippen LogP contribution in [0.2, 0.25) is 0 Å². The Kier molecular flexibility index (Phi) is 7.65. The van der Waals surface area contributed by atoms with Gasteiger partial charge in [-0.25, -0.2) is 0 Å². The predicted octanol–water partition coefficient (Wildman–Crippen LogP) is 2.65. The number of para-hydroxylation sites is 2. The summed E-state index contributed by atoms with van der Waals surface area (Å²) in [7, 11) is 1.54. The molecule has 2 aromatic rings. The van der Waals surface area contributed by atoms with Crippen molar-refractivity contribution in [3.63, 3.8) is 0 Å². The Bertz CT molecular complexity index is 926. The summed E-state index contributed by atoms with van der Waals surface area (Å²) in [5.41, 5.74) is 2.94. The summed E-state index contributed by atoms with van der Waals surface area (Å²) in [6.07, 6.45) is 1.14. The summed E-state index contributed by atoms with van der Waals surface area (Å²) in [5, 5.41) is 2.76. The summed E-state index contributed by atoms with van der Waals surface area (Å²) < 4.78 is 10.6. The van der Waals surface area contributed by atoms with E-state index in [2.05, 4.69) is 5.32 Å². The molecular weight excluding hydrogens is 396 g/mol. The van der Waals surface area contributed by atoms with Gasteiger partial charge in [0.15, 0.2) is 0 Å². The Morgan fingerprint density at radius 1 is 1.13 bits per heavy atom. The van der Waals surface area contributed by atoms with E-state index in [9.17, 15) is 14.4 Å². The van der Waals surface area contributed by atoms with Crippen molar-refractivity contribution in [3.8, 4) is 5.75 Å². The predicted molar refractivity (Wildman–Crippen MR) is 117 cm³/mol. The van der Waals surface area contributed by atoms with Gasteiger partial charge in [-0.1, -0.05) is 42.0 Å². The van der Waals surface area contributed by atoms with Crippen LogP contribution < -0.4 is 15.0 Å². The number of rotatable bonds is 9. The molecule has 1 N–H and O–H groups in total. The molecule has 7 nitrogen and oxygen atoms in total. The number of aryl methyl sites for hydroxylation is 2. The fraction of sp³-hybridized carbons (Fsp3) is 0.375. The number of ether oxygens (including phenoxy) is 2. The Hall–Kier alpha value is -3.35. The molecule has 1 fully saturated rings. The number of nitrogens with one attached hydrogen (secondary N) is 1. The molecule has 1 aliphatic heterocycles. The second-order valence-corrected chi connectivity index (χ2v) is 7.58. The van der Waals surface area contributed by atoms with Crippen molar-refractivity contribution in [1.29, 1.82) is 0 Å². The van der Waals surface area contributed by atoms with Gasteiger partial charge in [-0.3, -0.25) is 14.4 Å². The van der Waals surface area contributed by atoms with E-state index in [0.717, 1.165) is 5.56 Å². The number of methoxy groups -OCH3 is 1. The van der Waals surface area contributed by atoms with Crippen LogP contribution in [0.1, 0.15) is 24.0 Å². The van der Waals surface area contributed by atoms with Crippen LogP contribution in [-0.2, 0) is 25.5 Å². The van der Waals surface area contributed by atoms with Gasteiger partial charge in [-0.05, 0) is 31.0 Å². The number of carbonyl (C=O) groups excluding carboxylic acids is 3. The lowest BCUT2D eigenvalue weighted by atomic mass is 10.1. The number of carbonyl (C=O) groups is 3. The van der Waals surface area contributed by atoms with E-state index in [1.54, 1.807) is 24.1 Å². The smallest absolute Gasteiger partial charge is 0.311 e. The van der Waals surface area contributed by atoms with Crippen LogP contribution in [0.25, 0.3) is 0 Å². The first kappa shape index (κ1) is 22.3. The second-order valence-electron chi connectivity index (χ2n) is 7.58. The molecule has 1 unspecified atom stereocenters. The van der Waals surface area contributed by atoms with Crippen LogP contribution in [0.4, 0.5) is 5.69 Å². The van der Waals surface area contributed by atoms with E-state index in [0.29, 0.717) is 24.3 Å². The molecule has 1 aliphatic rings. The highest BCUT2D eigenvalue weighted by molar-refractivity contribution is 6.00. The van der Waals surface area contributed by atoms with Crippen molar-refractivity contribution in [2.45, 2.75) is 26.2 Å². The van der Waals surface area contributed by atoms with Gasteiger partial charge >= 0.3 is 5.97 Å². The number of hydrogen-bond acceptors (Lipinski definition) is 5. The normalized spacial score (nSPS) is 15.6. The third-order valence-corrected chi connectivity index (χ3v) is 5.26. The number of benzene rings is 2. The molecule has 3 rings (SSSR count). The summed E-state index contributed by atoms with van der Waals surface area (Å²) in [6, 6.07) is 15.3. The number of nitrogens with zero attached hydrogens (tertiary/aromatic N) is 1. The first-order chi connectivity index (χ1) is 15.0. The molecule has 0 aliphatic carbocycles. The molecule has 0 aromatic heterocycles. The number of anilines is 1. The molecule has 0 spiro atoms. The van der Waals surface area contributed by atoms with Gasteiger partial charge < -0.3 is 19.7 Å². The number of amides is 2. The molecule has 164 valence electrons. The highest BCUT2D eigenvalue weighted by atomic mass is 16.5. The molecule has 2 amide bonds. The van der Waals surface area contributed by atoms with Crippen molar-refractivity contribution >= 4 is 23.5 Å². The first-order valence-corrected chi connectivity index (χ1v) is 10.4. The third kappa shape index (κ3) is 6.07. The van der Waals surface area contributed by atoms with E-state index in [-0.39, 0.29) is 37.9 Å². The van der Waals surface area contributed by atoms with E-state index in [4.69, 9.17) is 9.47 Å². The minimum absolute atomic E-state index is 0.0778. The summed E-state index contributed by atoms with van der Waals surface area (Å²) in [5.74, 6) is -0.613. The van der Waals surface area contributed by atoms with Gasteiger partial charge in [0, 0.05) is 19.4 Å². The Labute approximate surface area is 182 Å². The molecule has 2 aromatic carbocycles. The van der Waals surface area contributed by atoms with Crippen LogP contribution in [0.3, 0.4) is 0 Å². The molecule has 0 radical (unpaired) electrons. The maximum absolute atomic E-state index is 12.4. The quantitative estimate of drug-likeness (QED) is 0.494. The highest BCUT2D eigenvalue weighted by Crippen LogP contribution is 2.33. The van der Waals surface area contributed by atoms with Crippen LogP contribution >= 0.6 is 0 Å². The summed E-state index contributed by atoms with van der Waals surface area (Å²) in [6.45, 7) is 2.60. The van der Waals surface area contributed by atoms with Gasteiger partial charge in [-0.15, -0.1) is 0 Å². The van der Waals surface area contributed by atoms with Crippen LogP contribution in [-0.4, -0.2) is 44.6 Å². The zero-order chi connectivity index (χ0) is 22.2. The molecular formula is C24H28N2O5. The SMILES string of the molecule is COc1ccccc1N1CC(C(=O)OCCNC(=O)CCc2ccc(C)cc2)CC1=O. The molecule has 0 bridgehead atoms. The highest BCUT2D eigenvalue weighted by Gasteiger charge is 2.37. The molecule has 1 atom stereocenters. The Balaban J connectivity index is 1.38. The summed E-state index contributed by atoms with van der Waals surface area (Å²) in [4.78, 5) is 38.3. The van der Waals surface area contributed by atoms with E-state index in [1.165, 1.54) is 5.56 Å².